The summed E-state index contributed by atoms with van der Waals surface area (Å²) in [6.07, 6.45) is 2.42. The molecule has 0 aliphatic heterocycles. The maximum atomic E-state index is 11.5. The van der Waals surface area contributed by atoms with Crippen LogP contribution in [0.3, 0.4) is 0 Å². The number of carbonyl (C=O) groups is 1. The van der Waals surface area contributed by atoms with Crippen LogP contribution in [0.5, 0.6) is 0 Å². The fraction of sp³-hybridized carbons (Fsp3) is 0.909. The molecule has 0 aliphatic carbocycles. The Morgan fingerprint density at radius 3 is 2.29 bits per heavy atom. The van der Waals surface area contributed by atoms with E-state index in [1.54, 1.807) is 6.92 Å². The van der Waals surface area contributed by atoms with Gasteiger partial charge in [-0.3, -0.25) is 4.79 Å². The maximum Gasteiger partial charge on any atom is 0.220 e. The van der Waals surface area contributed by atoms with E-state index in [0.29, 0.717) is 12.8 Å². The lowest BCUT2D eigenvalue weighted by molar-refractivity contribution is -0.123. The van der Waals surface area contributed by atoms with Gasteiger partial charge in [0.25, 0.3) is 0 Å². The van der Waals surface area contributed by atoms with Gasteiger partial charge in [-0.05, 0) is 33.1 Å². The van der Waals surface area contributed by atoms with Crippen molar-refractivity contribution in [2.45, 2.75) is 65.0 Å². The summed E-state index contributed by atoms with van der Waals surface area (Å²) in [5.41, 5.74) is -0.0875. The van der Waals surface area contributed by atoms with E-state index in [2.05, 4.69) is 19.2 Å². The monoisotopic (exact) mass is 201 g/mol. The number of carbonyl (C=O) groups excluding carboxylic acids is 1. The molecule has 84 valence electrons. The topological polar surface area (TPSA) is 49.3 Å². The van der Waals surface area contributed by atoms with Crippen LogP contribution in [0.25, 0.3) is 0 Å². The average Bonchev–Trinajstić information content (AvgIpc) is 2.14. The number of amides is 1. The predicted molar refractivity (Wildman–Crippen MR) is 58.0 cm³/mol. The molecular formula is C11H23NO2. The summed E-state index contributed by atoms with van der Waals surface area (Å²) < 4.78 is 0. The summed E-state index contributed by atoms with van der Waals surface area (Å²) in [5, 5.41) is 12.0. The Morgan fingerprint density at radius 1 is 1.43 bits per heavy atom. The van der Waals surface area contributed by atoms with Crippen molar-refractivity contribution in [1.29, 1.82) is 0 Å². The van der Waals surface area contributed by atoms with Gasteiger partial charge in [-0.2, -0.15) is 0 Å². The molecule has 0 radical (unpaired) electrons. The molecule has 3 nitrogen and oxygen atoms in total. The van der Waals surface area contributed by atoms with E-state index in [9.17, 15) is 4.79 Å². The SMILES string of the molecule is CCC(C)(CC)NC(=O)CCC(C)O. The van der Waals surface area contributed by atoms with Crippen LogP contribution < -0.4 is 5.32 Å². The van der Waals surface area contributed by atoms with Crippen LogP contribution in [0.4, 0.5) is 0 Å². The largest absolute Gasteiger partial charge is 0.393 e. The molecule has 1 amide bonds. The smallest absolute Gasteiger partial charge is 0.220 e. The summed E-state index contributed by atoms with van der Waals surface area (Å²) >= 11 is 0. The van der Waals surface area contributed by atoms with Crippen LogP contribution in [-0.2, 0) is 4.79 Å². The van der Waals surface area contributed by atoms with Gasteiger partial charge in [-0.1, -0.05) is 13.8 Å². The highest BCUT2D eigenvalue weighted by Crippen LogP contribution is 2.13. The van der Waals surface area contributed by atoms with Crippen molar-refractivity contribution >= 4 is 5.91 Å². The first kappa shape index (κ1) is 13.4. The molecule has 0 rings (SSSR count). The minimum Gasteiger partial charge on any atom is -0.393 e. The molecule has 0 aromatic heterocycles. The van der Waals surface area contributed by atoms with E-state index in [1.807, 2.05) is 6.92 Å². The Balaban J connectivity index is 3.92. The van der Waals surface area contributed by atoms with Gasteiger partial charge in [0, 0.05) is 12.0 Å². The second-order valence-electron chi connectivity index (χ2n) is 4.20. The quantitative estimate of drug-likeness (QED) is 0.689. The fourth-order valence-corrected chi connectivity index (χ4v) is 1.17. The zero-order valence-electron chi connectivity index (χ0n) is 9.76. The van der Waals surface area contributed by atoms with Gasteiger partial charge in [0.15, 0.2) is 0 Å². The summed E-state index contributed by atoms with van der Waals surface area (Å²) in [7, 11) is 0. The lowest BCUT2D eigenvalue weighted by Gasteiger charge is -2.28. The van der Waals surface area contributed by atoms with E-state index in [0.717, 1.165) is 12.8 Å². The third-order valence-electron chi connectivity index (χ3n) is 2.79. The van der Waals surface area contributed by atoms with Crippen LogP contribution >= 0.6 is 0 Å². The number of nitrogens with one attached hydrogen (secondary N) is 1. The third-order valence-corrected chi connectivity index (χ3v) is 2.79. The lowest BCUT2D eigenvalue weighted by atomic mass is 9.95. The molecule has 3 heteroatoms. The first-order valence-corrected chi connectivity index (χ1v) is 5.42. The number of hydrogen-bond donors (Lipinski definition) is 2. The Kier molecular flexibility index (Phi) is 5.77. The average molecular weight is 201 g/mol. The highest BCUT2D eigenvalue weighted by atomic mass is 16.3. The fourth-order valence-electron chi connectivity index (χ4n) is 1.17. The normalized spacial score (nSPS) is 13.8. The molecule has 2 N–H and O–H groups in total. The predicted octanol–water partition coefficient (Wildman–Crippen LogP) is 1.84. The summed E-state index contributed by atoms with van der Waals surface area (Å²) in [6, 6.07) is 0. The van der Waals surface area contributed by atoms with Crippen molar-refractivity contribution in [3.63, 3.8) is 0 Å². The van der Waals surface area contributed by atoms with E-state index in [4.69, 9.17) is 5.11 Å². The molecule has 0 heterocycles. The van der Waals surface area contributed by atoms with E-state index in [-0.39, 0.29) is 11.4 Å². The summed E-state index contributed by atoms with van der Waals surface area (Å²) in [4.78, 5) is 11.5. The molecule has 0 bridgehead atoms. The first-order chi connectivity index (χ1) is 6.43. The molecular weight excluding hydrogens is 178 g/mol. The van der Waals surface area contributed by atoms with Crippen molar-refractivity contribution in [2.24, 2.45) is 0 Å². The Labute approximate surface area is 86.9 Å². The number of hydrogen-bond acceptors (Lipinski definition) is 2. The zero-order valence-corrected chi connectivity index (χ0v) is 9.76. The van der Waals surface area contributed by atoms with Crippen LogP contribution in [-0.4, -0.2) is 22.7 Å². The third kappa shape index (κ3) is 5.22. The molecule has 0 saturated carbocycles. The highest BCUT2D eigenvalue weighted by Gasteiger charge is 2.21. The van der Waals surface area contributed by atoms with Crippen LogP contribution in [0.15, 0.2) is 0 Å². The molecule has 0 saturated heterocycles. The van der Waals surface area contributed by atoms with Crippen LogP contribution in [0.1, 0.15) is 53.4 Å². The van der Waals surface area contributed by atoms with Crippen molar-refractivity contribution in [3.8, 4) is 0 Å². The molecule has 0 aliphatic rings. The standard InChI is InChI=1S/C11H23NO2/c1-5-11(4,6-2)12-10(14)8-7-9(3)13/h9,13H,5-8H2,1-4H3,(H,12,14). The highest BCUT2D eigenvalue weighted by molar-refractivity contribution is 5.76. The van der Waals surface area contributed by atoms with Crippen molar-refractivity contribution in [2.75, 3.05) is 0 Å². The van der Waals surface area contributed by atoms with E-state index in [1.165, 1.54) is 0 Å². The minimum atomic E-state index is -0.393. The van der Waals surface area contributed by atoms with Gasteiger partial charge in [-0.25, -0.2) is 0 Å². The molecule has 0 aromatic rings. The number of rotatable bonds is 6. The minimum absolute atomic E-state index is 0.0390. The summed E-state index contributed by atoms with van der Waals surface area (Å²) in [5.74, 6) is 0.0390. The van der Waals surface area contributed by atoms with Gasteiger partial charge in [0.05, 0.1) is 6.10 Å². The Morgan fingerprint density at radius 2 is 1.93 bits per heavy atom. The van der Waals surface area contributed by atoms with Crippen molar-refractivity contribution in [1.82, 2.24) is 5.32 Å². The maximum absolute atomic E-state index is 11.5. The van der Waals surface area contributed by atoms with E-state index < -0.39 is 6.10 Å². The lowest BCUT2D eigenvalue weighted by Crippen LogP contribution is -2.45. The van der Waals surface area contributed by atoms with Gasteiger partial charge >= 0.3 is 0 Å². The van der Waals surface area contributed by atoms with Crippen molar-refractivity contribution < 1.29 is 9.90 Å². The second-order valence-corrected chi connectivity index (χ2v) is 4.20. The Bertz CT molecular complexity index is 174. The Hall–Kier alpha value is -0.570. The van der Waals surface area contributed by atoms with Gasteiger partial charge in [0.1, 0.15) is 0 Å². The number of aliphatic hydroxyl groups excluding tert-OH is 1. The van der Waals surface area contributed by atoms with Crippen LogP contribution in [0.2, 0.25) is 0 Å². The van der Waals surface area contributed by atoms with Crippen LogP contribution in [0, 0.1) is 0 Å². The zero-order chi connectivity index (χ0) is 11.2. The molecule has 0 fully saturated rings. The molecule has 0 aromatic carbocycles. The summed E-state index contributed by atoms with van der Waals surface area (Å²) in [6.45, 7) is 7.89. The van der Waals surface area contributed by atoms with E-state index >= 15 is 0 Å². The first-order valence-electron chi connectivity index (χ1n) is 5.42. The van der Waals surface area contributed by atoms with Crippen molar-refractivity contribution in [3.05, 3.63) is 0 Å². The van der Waals surface area contributed by atoms with Gasteiger partial charge in [0.2, 0.25) is 5.91 Å². The second kappa shape index (κ2) is 6.02. The molecule has 14 heavy (non-hydrogen) atoms. The van der Waals surface area contributed by atoms with Gasteiger partial charge in [-0.15, -0.1) is 0 Å². The van der Waals surface area contributed by atoms with Gasteiger partial charge < -0.3 is 10.4 Å². The molecule has 1 unspecified atom stereocenters. The molecule has 1 atom stereocenters. The molecule has 0 spiro atoms. The number of aliphatic hydroxyl groups is 1.